The average Bonchev–Trinajstić information content (AvgIpc) is 2.71. The Bertz CT molecular complexity index is 1060. The maximum Gasteiger partial charge on any atom is 0.171 e. The molecule has 0 aliphatic carbocycles. The van der Waals surface area contributed by atoms with Gasteiger partial charge in [-0.05, 0) is 49.3 Å². The number of halogens is 3. The minimum absolute atomic E-state index is 0.277. The van der Waals surface area contributed by atoms with Crippen LogP contribution in [0.2, 0.25) is 10.0 Å². The molecule has 1 aliphatic rings. The third-order valence-electron chi connectivity index (χ3n) is 4.94. The maximum atomic E-state index is 6.22. The first-order chi connectivity index (χ1) is 14.0. The number of thiocarbonyl (C=S) groups is 1. The van der Waals surface area contributed by atoms with E-state index in [4.69, 9.17) is 35.4 Å². The number of anilines is 2. The van der Waals surface area contributed by atoms with E-state index in [0.717, 1.165) is 47.0 Å². The van der Waals surface area contributed by atoms with Crippen LogP contribution in [0.4, 0.5) is 11.5 Å². The van der Waals surface area contributed by atoms with Gasteiger partial charge in [-0.15, -0.1) is 5.10 Å². The highest BCUT2D eigenvalue weighted by molar-refractivity contribution is 9.10. The minimum Gasteiger partial charge on any atom is -0.360 e. The van der Waals surface area contributed by atoms with Crippen LogP contribution in [0.15, 0.2) is 47.1 Å². The van der Waals surface area contributed by atoms with E-state index >= 15 is 0 Å². The molecule has 1 saturated heterocycles. The molecular weight excluding hydrogens is 493 g/mol. The summed E-state index contributed by atoms with van der Waals surface area (Å²) < 4.78 is 1.03. The van der Waals surface area contributed by atoms with Crippen molar-refractivity contribution in [3.8, 4) is 0 Å². The lowest BCUT2D eigenvalue weighted by atomic mass is 10.0. The van der Waals surface area contributed by atoms with Gasteiger partial charge in [0.05, 0.1) is 21.9 Å². The van der Waals surface area contributed by atoms with Crippen LogP contribution in [0.5, 0.6) is 0 Å². The summed E-state index contributed by atoms with van der Waals surface area (Å²) in [6, 6.07) is 11.9. The molecule has 2 aromatic carbocycles. The minimum atomic E-state index is 0.277. The predicted molar refractivity (Wildman–Crippen MR) is 128 cm³/mol. The van der Waals surface area contributed by atoms with E-state index in [-0.39, 0.29) is 6.04 Å². The zero-order valence-electron chi connectivity index (χ0n) is 15.3. The van der Waals surface area contributed by atoms with Crippen LogP contribution in [0, 0.1) is 0 Å². The standard InChI is InChI=1S/C20H18BrCl2N5S/c21-13-5-4-12-11-24-27-19(15(12)10-13)28-8-6-14(7-9-28)25-20(29)26-17-3-1-2-16(22)18(17)23/h1-5,10-11,14H,6-9H2,(H2,25,26,29). The van der Waals surface area contributed by atoms with Gasteiger partial charge < -0.3 is 15.5 Å². The van der Waals surface area contributed by atoms with Crippen molar-refractivity contribution in [1.29, 1.82) is 0 Å². The Balaban J connectivity index is 1.38. The molecule has 0 spiro atoms. The molecule has 0 unspecified atom stereocenters. The van der Waals surface area contributed by atoms with Gasteiger partial charge in [-0.25, -0.2) is 0 Å². The summed E-state index contributed by atoms with van der Waals surface area (Å²) >= 11 is 21.3. The number of hydrogen-bond donors (Lipinski definition) is 2. The fourth-order valence-electron chi connectivity index (χ4n) is 3.45. The SMILES string of the molecule is S=C(Nc1cccc(Cl)c1Cl)NC1CCN(c2nncc3ccc(Br)cc23)CC1. The van der Waals surface area contributed by atoms with Crippen LogP contribution in [-0.4, -0.2) is 34.4 Å². The van der Waals surface area contributed by atoms with E-state index in [2.05, 4.69) is 53.8 Å². The largest absolute Gasteiger partial charge is 0.360 e. The maximum absolute atomic E-state index is 6.22. The molecule has 1 aromatic heterocycles. The number of benzene rings is 2. The number of fused-ring (bicyclic) bond motifs is 1. The Morgan fingerprint density at radius 2 is 1.97 bits per heavy atom. The number of nitrogens with zero attached hydrogens (tertiary/aromatic N) is 3. The Hall–Kier alpha value is -1.67. The highest BCUT2D eigenvalue weighted by Crippen LogP contribution is 2.30. The Morgan fingerprint density at radius 3 is 2.76 bits per heavy atom. The van der Waals surface area contributed by atoms with Crippen molar-refractivity contribution in [2.45, 2.75) is 18.9 Å². The van der Waals surface area contributed by atoms with Crippen LogP contribution in [0.25, 0.3) is 10.8 Å². The summed E-state index contributed by atoms with van der Waals surface area (Å²) in [6.07, 6.45) is 3.68. The summed E-state index contributed by atoms with van der Waals surface area (Å²) in [4.78, 5) is 2.28. The van der Waals surface area contributed by atoms with Crippen LogP contribution in [0.3, 0.4) is 0 Å². The monoisotopic (exact) mass is 509 g/mol. The predicted octanol–water partition coefficient (Wildman–Crippen LogP) is 5.65. The van der Waals surface area contributed by atoms with Gasteiger partial charge in [0.15, 0.2) is 10.9 Å². The van der Waals surface area contributed by atoms with Crippen molar-refractivity contribution in [3.05, 3.63) is 57.1 Å². The van der Waals surface area contributed by atoms with Gasteiger partial charge in [-0.1, -0.05) is 51.3 Å². The fourth-order valence-corrected chi connectivity index (χ4v) is 4.43. The van der Waals surface area contributed by atoms with Crippen molar-refractivity contribution in [3.63, 3.8) is 0 Å². The Kier molecular flexibility index (Phi) is 6.39. The molecule has 2 heterocycles. The second-order valence-corrected chi connectivity index (χ2v) is 8.97. The second kappa shape index (κ2) is 9.00. The van der Waals surface area contributed by atoms with E-state index in [1.54, 1.807) is 12.3 Å². The molecule has 150 valence electrons. The van der Waals surface area contributed by atoms with E-state index in [9.17, 15) is 0 Å². The number of hydrogen-bond acceptors (Lipinski definition) is 4. The number of nitrogens with one attached hydrogen (secondary N) is 2. The second-order valence-electron chi connectivity index (χ2n) is 6.86. The molecular formula is C20H18BrCl2N5S. The highest BCUT2D eigenvalue weighted by Gasteiger charge is 2.22. The molecule has 0 bridgehead atoms. The van der Waals surface area contributed by atoms with Crippen molar-refractivity contribution >= 4 is 78.7 Å². The van der Waals surface area contributed by atoms with Gasteiger partial charge in [-0.3, -0.25) is 0 Å². The quantitative estimate of drug-likeness (QED) is 0.444. The van der Waals surface area contributed by atoms with E-state index in [1.165, 1.54) is 0 Å². The molecule has 5 nitrogen and oxygen atoms in total. The lowest BCUT2D eigenvalue weighted by Gasteiger charge is -2.34. The lowest BCUT2D eigenvalue weighted by molar-refractivity contribution is 0.466. The Labute approximate surface area is 192 Å². The molecule has 1 fully saturated rings. The molecule has 29 heavy (non-hydrogen) atoms. The van der Waals surface area contributed by atoms with Crippen molar-refractivity contribution in [1.82, 2.24) is 15.5 Å². The van der Waals surface area contributed by atoms with Crippen LogP contribution < -0.4 is 15.5 Å². The topological polar surface area (TPSA) is 53.1 Å². The summed E-state index contributed by atoms with van der Waals surface area (Å²) in [5.74, 6) is 0.925. The molecule has 0 amide bonds. The lowest BCUT2D eigenvalue weighted by Crippen LogP contribution is -2.46. The van der Waals surface area contributed by atoms with Crippen molar-refractivity contribution in [2.24, 2.45) is 0 Å². The Morgan fingerprint density at radius 1 is 1.17 bits per heavy atom. The van der Waals surface area contributed by atoms with Crippen LogP contribution >= 0.6 is 51.3 Å². The first kappa shape index (κ1) is 20.6. The summed E-state index contributed by atoms with van der Waals surface area (Å²) in [7, 11) is 0. The zero-order valence-corrected chi connectivity index (χ0v) is 19.2. The molecule has 0 radical (unpaired) electrons. The number of rotatable bonds is 3. The fraction of sp³-hybridized carbons (Fsp3) is 0.250. The van der Waals surface area contributed by atoms with Gasteiger partial charge in [-0.2, -0.15) is 5.10 Å². The smallest absolute Gasteiger partial charge is 0.171 e. The first-order valence-electron chi connectivity index (χ1n) is 9.18. The van der Waals surface area contributed by atoms with Gasteiger partial charge in [0.25, 0.3) is 0 Å². The van der Waals surface area contributed by atoms with Crippen molar-refractivity contribution < 1.29 is 0 Å². The third-order valence-corrected chi connectivity index (χ3v) is 6.47. The van der Waals surface area contributed by atoms with E-state index in [0.29, 0.717) is 20.8 Å². The molecule has 1 aliphatic heterocycles. The van der Waals surface area contributed by atoms with Gasteiger partial charge in [0.2, 0.25) is 0 Å². The van der Waals surface area contributed by atoms with Gasteiger partial charge >= 0.3 is 0 Å². The van der Waals surface area contributed by atoms with Gasteiger partial charge in [0.1, 0.15) is 0 Å². The van der Waals surface area contributed by atoms with E-state index < -0.39 is 0 Å². The molecule has 0 atom stereocenters. The average molecular weight is 511 g/mol. The zero-order chi connectivity index (χ0) is 20.4. The third kappa shape index (κ3) is 4.74. The van der Waals surface area contributed by atoms with Crippen LogP contribution in [0.1, 0.15) is 12.8 Å². The number of aromatic nitrogens is 2. The molecule has 9 heteroatoms. The molecule has 2 N–H and O–H groups in total. The van der Waals surface area contributed by atoms with Crippen LogP contribution in [-0.2, 0) is 0 Å². The molecule has 3 aromatic rings. The summed E-state index contributed by atoms with van der Waals surface area (Å²) in [5, 5.41) is 18.8. The summed E-state index contributed by atoms with van der Waals surface area (Å²) in [5.41, 5.74) is 0.700. The first-order valence-corrected chi connectivity index (χ1v) is 11.1. The molecule has 4 rings (SSSR count). The molecule has 0 saturated carbocycles. The van der Waals surface area contributed by atoms with Gasteiger partial charge in [0, 0.05) is 34.4 Å². The number of piperidine rings is 1. The normalized spacial score (nSPS) is 14.8. The highest BCUT2D eigenvalue weighted by atomic mass is 79.9. The summed E-state index contributed by atoms with van der Waals surface area (Å²) in [6.45, 7) is 1.75. The van der Waals surface area contributed by atoms with Crippen molar-refractivity contribution in [2.75, 3.05) is 23.3 Å². The van der Waals surface area contributed by atoms with E-state index in [1.807, 2.05) is 18.2 Å².